The van der Waals surface area contributed by atoms with E-state index >= 15 is 0 Å². The fourth-order valence-corrected chi connectivity index (χ4v) is 2.68. The van der Waals surface area contributed by atoms with E-state index in [0.717, 1.165) is 14.0 Å². The molecule has 0 saturated heterocycles. The third kappa shape index (κ3) is 2.68. The van der Waals surface area contributed by atoms with E-state index in [1.165, 1.54) is 26.6 Å². The predicted octanol–water partition coefficient (Wildman–Crippen LogP) is 0.684. The Balaban J connectivity index is 1.77. The van der Waals surface area contributed by atoms with Crippen LogP contribution in [-0.4, -0.2) is 53.2 Å². The summed E-state index contributed by atoms with van der Waals surface area (Å²) in [7, 11) is -0.627. The number of hydrogen-bond acceptors (Lipinski definition) is 5. The van der Waals surface area contributed by atoms with Gasteiger partial charge in [-0.3, -0.25) is 0 Å². The van der Waals surface area contributed by atoms with Gasteiger partial charge < -0.3 is 9.72 Å². The summed E-state index contributed by atoms with van der Waals surface area (Å²) in [5, 5.41) is 0. The smallest absolute Gasteiger partial charge is 0.308 e. The molecule has 1 aliphatic heterocycles. The molecule has 1 N–H and O–H groups in total. The fraction of sp³-hybridized carbons (Fsp3) is 0.231. The lowest BCUT2D eigenvalue weighted by Gasteiger charge is -2.10. The van der Waals surface area contributed by atoms with Crippen LogP contribution in [0.25, 0.3) is 6.08 Å². The Morgan fingerprint density at radius 2 is 2.27 bits per heavy atom. The van der Waals surface area contributed by atoms with Gasteiger partial charge in [0.2, 0.25) is 5.90 Å². The van der Waals surface area contributed by atoms with Gasteiger partial charge in [0.1, 0.15) is 24.3 Å². The Bertz CT molecular complexity index is 831. The number of nitrogens with one attached hydrogen (secondary N) is 1. The van der Waals surface area contributed by atoms with E-state index in [1.54, 1.807) is 12.3 Å². The molecule has 1 aliphatic rings. The lowest BCUT2D eigenvalue weighted by molar-refractivity contribution is 0.443. The highest BCUT2D eigenvalue weighted by molar-refractivity contribution is 7.87. The van der Waals surface area contributed by atoms with E-state index < -0.39 is 10.2 Å². The van der Waals surface area contributed by atoms with Gasteiger partial charge in [-0.25, -0.2) is 13.9 Å². The first-order valence-electron chi connectivity index (χ1n) is 6.50. The molecule has 0 atom stereocenters. The van der Waals surface area contributed by atoms with E-state index in [1.807, 2.05) is 12.1 Å². The van der Waals surface area contributed by atoms with Gasteiger partial charge in [-0.05, 0) is 12.1 Å². The zero-order chi connectivity index (χ0) is 15.7. The lowest BCUT2D eigenvalue weighted by Crippen LogP contribution is -2.27. The van der Waals surface area contributed by atoms with Crippen molar-refractivity contribution in [3.05, 3.63) is 48.0 Å². The minimum absolute atomic E-state index is 0.391. The van der Waals surface area contributed by atoms with Crippen LogP contribution >= 0.6 is 0 Å². The maximum atomic E-state index is 12.0. The number of rotatable bonds is 4. The molecule has 0 fully saturated rings. The zero-order valence-corrected chi connectivity index (χ0v) is 12.9. The number of ether oxygens (including phenoxy) is 1. The summed E-state index contributed by atoms with van der Waals surface area (Å²) < 4.78 is 31.7. The summed E-state index contributed by atoms with van der Waals surface area (Å²) in [6.45, 7) is 0.391. The summed E-state index contributed by atoms with van der Waals surface area (Å²) in [5.41, 5.74) is 1.28. The summed E-state index contributed by atoms with van der Waals surface area (Å²) >= 11 is 0. The van der Waals surface area contributed by atoms with E-state index in [4.69, 9.17) is 4.74 Å². The van der Waals surface area contributed by atoms with Crippen LogP contribution in [0.3, 0.4) is 0 Å². The molecule has 3 heterocycles. The molecule has 2 aromatic rings. The molecule has 0 unspecified atom stereocenters. The van der Waals surface area contributed by atoms with Gasteiger partial charge in [0, 0.05) is 32.6 Å². The SMILES string of the molecule is CN(C)S(=O)(=O)n1cnc(/C=C2/CN=C(c3ccc[nH]3)O2)c1. The van der Waals surface area contributed by atoms with Gasteiger partial charge >= 0.3 is 10.2 Å². The molecule has 0 radical (unpaired) electrons. The summed E-state index contributed by atoms with van der Waals surface area (Å²) in [6, 6.07) is 3.72. The molecule has 0 saturated carbocycles. The zero-order valence-electron chi connectivity index (χ0n) is 12.1. The van der Waals surface area contributed by atoms with Crippen LogP contribution in [-0.2, 0) is 14.9 Å². The molecular formula is C13H15N5O3S. The Labute approximate surface area is 127 Å². The van der Waals surface area contributed by atoms with Gasteiger partial charge in [-0.2, -0.15) is 12.7 Å². The monoisotopic (exact) mass is 321 g/mol. The van der Waals surface area contributed by atoms with Crippen LogP contribution in [0.2, 0.25) is 0 Å². The van der Waals surface area contributed by atoms with Crippen molar-refractivity contribution in [2.75, 3.05) is 20.6 Å². The number of aromatic nitrogens is 3. The highest BCUT2D eigenvalue weighted by Gasteiger charge is 2.18. The van der Waals surface area contributed by atoms with Crippen molar-refractivity contribution >= 4 is 22.2 Å². The summed E-state index contributed by atoms with van der Waals surface area (Å²) in [5.74, 6) is 1.12. The van der Waals surface area contributed by atoms with Crippen molar-refractivity contribution in [1.82, 2.24) is 18.2 Å². The predicted molar refractivity (Wildman–Crippen MR) is 81.5 cm³/mol. The Hall–Kier alpha value is -2.39. The van der Waals surface area contributed by atoms with Crippen molar-refractivity contribution in [3.63, 3.8) is 0 Å². The van der Waals surface area contributed by atoms with Gasteiger partial charge in [0.15, 0.2) is 0 Å². The highest BCUT2D eigenvalue weighted by atomic mass is 32.2. The number of imidazole rings is 1. The van der Waals surface area contributed by atoms with Gasteiger partial charge in [-0.15, -0.1) is 0 Å². The van der Waals surface area contributed by atoms with E-state index in [0.29, 0.717) is 23.9 Å². The van der Waals surface area contributed by atoms with Crippen molar-refractivity contribution in [1.29, 1.82) is 0 Å². The highest BCUT2D eigenvalue weighted by Crippen LogP contribution is 2.16. The molecule has 9 heteroatoms. The third-order valence-corrected chi connectivity index (χ3v) is 4.71. The van der Waals surface area contributed by atoms with Crippen LogP contribution < -0.4 is 0 Å². The molecule has 0 spiro atoms. The summed E-state index contributed by atoms with van der Waals surface area (Å²) in [6.07, 6.45) is 6.14. The second-order valence-corrected chi connectivity index (χ2v) is 6.88. The molecular weight excluding hydrogens is 306 g/mol. The third-order valence-electron chi connectivity index (χ3n) is 3.05. The molecule has 2 aromatic heterocycles. The Morgan fingerprint density at radius 3 is 2.95 bits per heavy atom. The largest absolute Gasteiger partial charge is 0.440 e. The molecule has 0 aliphatic carbocycles. The van der Waals surface area contributed by atoms with Gasteiger partial charge in [0.05, 0.1) is 5.69 Å². The molecule has 116 valence electrons. The van der Waals surface area contributed by atoms with Gasteiger partial charge in [0.25, 0.3) is 0 Å². The second kappa shape index (κ2) is 5.43. The minimum Gasteiger partial charge on any atom is -0.440 e. The van der Waals surface area contributed by atoms with Crippen molar-refractivity contribution < 1.29 is 13.2 Å². The van der Waals surface area contributed by atoms with E-state index in [-0.39, 0.29) is 0 Å². The number of nitrogens with zero attached hydrogens (tertiary/aromatic N) is 4. The van der Waals surface area contributed by atoms with Crippen LogP contribution in [0.15, 0.2) is 41.6 Å². The van der Waals surface area contributed by atoms with Crippen LogP contribution in [0.1, 0.15) is 11.4 Å². The molecule has 0 aromatic carbocycles. The summed E-state index contributed by atoms with van der Waals surface area (Å²) in [4.78, 5) is 11.3. The number of aromatic amines is 1. The molecule has 8 nitrogen and oxygen atoms in total. The van der Waals surface area contributed by atoms with Crippen molar-refractivity contribution in [2.24, 2.45) is 4.99 Å². The van der Waals surface area contributed by atoms with E-state index in [9.17, 15) is 8.42 Å². The van der Waals surface area contributed by atoms with Crippen molar-refractivity contribution in [2.45, 2.75) is 0 Å². The number of aliphatic imine (C=N–C) groups is 1. The Morgan fingerprint density at radius 1 is 1.45 bits per heavy atom. The Kier molecular flexibility index (Phi) is 3.59. The van der Waals surface area contributed by atoms with Crippen molar-refractivity contribution in [3.8, 4) is 0 Å². The topological polar surface area (TPSA) is 92.6 Å². The standard InChI is InChI=1S/C13H15N5O3S/c1-17(2)22(19,20)18-8-10(16-9-18)6-11-7-15-13(21-11)12-4-3-5-14-12/h3-6,8-9,14H,7H2,1-2H3/b11-6-. The number of H-pyrrole nitrogens is 1. The normalized spacial score (nSPS) is 17.0. The molecule has 0 bridgehead atoms. The second-order valence-electron chi connectivity index (χ2n) is 4.84. The lowest BCUT2D eigenvalue weighted by atomic mass is 10.4. The average Bonchev–Trinajstić information content (AvgIpc) is 3.19. The first-order chi connectivity index (χ1) is 10.5. The van der Waals surface area contributed by atoms with Crippen LogP contribution in [0.5, 0.6) is 0 Å². The first-order valence-corrected chi connectivity index (χ1v) is 7.90. The quantitative estimate of drug-likeness (QED) is 0.896. The minimum atomic E-state index is -3.55. The van der Waals surface area contributed by atoms with Crippen LogP contribution in [0.4, 0.5) is 0 Å². The number of hydrogen-bond donors (Lipinski definition) is 1. The van der Waals surface area contributed by atoms with Crippen LogP contribution in [0, 0.1) is 0 Å². The maximum absolute atomic E-state index is 12.0. The van der Waals surface area contributed by atoms with E-state index in [2.05, 4.69) is 15.0 Å². The fourth-order valence-electron chi connectivity index (χ4n) is 1.89. The van der Waals surface area contributed by atoms with Gasteiger partial charge in [-0.1, -0.05) is 0 Å². The molecule has 0 amide bonds. The first kappa shape index (κ1) is 14.5. The average molecular weight is 321 g/mol. The maximum Gasteiger partial charge on any atom is 0.308 e. The molecule has 22 heavy (non-hydrogen) atoms. The molecule has 3 rings (SSSR count).